The van der Waals surface area contributed by atoms with Crippen molar-refractivity contribution in [2.45, 2.75) is 33.5 Å². The molecule has 0 radical (unpaired) electrons. The molecule has 0 fully saturated rings. The lowest BCUT2D eigenvalue weighted by atomic mass is 10.4. The second-order valence-electron chi connectivity index (χ2n) is 3.53. The molecule has 0 saturated carbocycles. The van der Waals surface area contributed by atoms with Crippen LogP contribution in [0.2, 0.25) is 0 Å². The fraction of sp³-hybridized carbons (Fsp3) is 0.500. The number of nitrogens with zero attached hydrogens (tertiary/aromatic N) is 4. The van der Waals surface area contributed by atoms with Crippen molar-refractivity contribution in [2.75, 3.05) is 0 Å². The van der Waals surface area contributed by atoms with E-state index in [-0.39, 0.29) is 0 Å². The van der Waals surface area contributed by atoms with E-state index in [4.69, 9.17) is 4.52 Å². The third kappa shape index (κ3) is 2.46. The Balaban J connectivity index is 1.84. The summed E-state index contributed by atoms with van der Waals surface area (Å²) in [6.45, 7) is 6.10. The van der Waals surface area contributed by atoms with Crippen LogP contribution < -0.4 is 5.32 Å². The molecule has 0 amide bonds. The van der Waals surface area contributed by atoms with Gasteiger partial charge in [0, 0.05) is 12.6 Å². The molecule has 0 spiro atoms. The van der Waals surface area contributed by atoms with Gasteiger partial charge in [-0.1, -0.05) is 5.16 Å². The molecule has 6 heteroatoms. The van der Waals surface area contributed by atoms with Gasteiger partial charge in [-0.15, -0.1) is 0 Å². The maximum absolute atomic E-state index is 5.08. The Kier molecular flexibility index (Phi) is 3.31. The number of rotatable bonds is 5. The summed E-state index contributed by atoms with van der Waals surface area (Å²) in [6.07, 6.45) is 1.57. The molecule has 2 heterocycles. The van der Waals surface area contributed by atoms with Crippen LogP contribution in [0.3, 0.4) is 0 Å². The molecule has 2 aromatic rings. The predicted octanol–water partition coefficient (Wildman–Crippen LogP) is 0.884. The van der Waals surface area contributed by atoms with Gasteiger partial charge in [-0.25, -0.2) is 9.67 Å². The summed E-state index contributed by atoms with van der Waals surface area (Å²) in [5.74, 6) is 1.76. The average molecular weight is 221 g/mol. The Labute approximate surface area is 93.7 Å². The van der Waals surface area contributed by atoms with Gasteiger partial charge in [-0.05, 0) is 13.8 Å². The van der Waals surface area contributed by atoms with Crippen LogP contribution in [0, 0.1) is 6.92 Å². The Morgan fingerprint density at radius 1 is 1.44 bits per heavy atom. The highest BCUT2D eigenvalue weighted by molar-refractivity contribution is 5.02. The Morgan fingerprint density at radius 3 is 3.00 bits per heavy atom. The first-order valence-electron chi connectivity index (χ1n) is 5.29. The van der Waals surface area contributed by atoms with Crippen LogP contribution in [0.15, 0.2) is 16.9 Å². The van der Waals surface area contributed by atoms with E-state index in [9.17, 15) is 0 Å². The fourth-order valence-electron chi connectivity index (χ4n) is 1.49. The Morgan fingerprint density at radius 2 is 2.31 bits per heavy atom. The van der Waals surface area contributed by atoms with Crippen molar-refractivity contribution in [1.29, 1.82) is 0 Å². The third-order valence-corrected chi connectivity index (χ3v) is 2.25. The summed E-state index contributed by atoms with van der Waals surface area (Å²) in [4.78, 5) is 4.17. The number of hydrogen-bond donors (Lipinski definition) is 1. The topological polar surface area (TPSA) is 68.8 Å². The van der Waals surface area contributed by atoms with Crippen molar-refractivity contribution < 1.29 is 4.52 Å². The van der Waals surface area contributed by atoms with Gasteiger partial charge in [0.25, 0.3) is 0 Å². The minimum atomic E-state index is 0.650. The van der Waals surface area contributed by atoms with Crippen LogP contribution in [0.25, 0.3) is 0 Å². The Hall–Kier alpha value is -1.69. The normalized spacial score (nSPS) is 10.9. The van der Waals surface area contributed by atoms with E-state index in [0.717, 1.165) is 23.8 Å². The van der Waals surface area contributed by atoms with E-state index in [0.29, 0.717) is 13.1 Å². The monoisotopic (exact) mass is 221 g/mol. The highest BCUT2D eigenvalue weighted by Crippen LogP contribution is 2.01. The van der Waals surface area contributed by atoms with E-state index in [2.05, 4.69) is 20.6 Å². The van der Waals surface area contributed by atoms with Crippen LogP contribution in [0.5, 0.6) is 0 Å². The number of aryl methyl sites for hydroxylation is 2. The third-order valence-electron chi connectivity index (χ3n) is 2.25. The van der Waals surface area contributed by atoms with E-state index in [1.54, 1.807) is 6.33 Å². The van der Waals surface area contributed by atoms with Crippen LogP contribution in [-0.2, 0) is 19.6 Å². The standard InChI is InChI=1S/C10H15N5O/c1-3-15-10(12-7-13-15)6-11-5-9-4-8(2)14-16-9/h4,7,11H,3,5-6H2,1-2H3. The SMILES string of the molecule is CCn1ncnc1CNCc1cc(C)no1. The minimum absolute atomic E-state index is 0.650. The molecule has 16 heavy (non-hydrogen) atoms. The summed E-state index contributed by atoms with van der Waals surface area (Å²) in [5, 5.41) is 11.1. The summed E-state index contributed by atoms with van der Waals surface area (Å²) in [6, 6.07) is 1.91. The van der Waals surface area contributed by atoms with Gasteiger partial charge in [-0.3, -0.25) is 0 Å². The molecule has 0 aliphatic heterocycles. The van der Waals surface area contributed by atoms with Crippen molar-refractivity contribution >= 4 is 0 Å². The molecule has 0 aliphatic rings. The molecular formula is C10H15N5O. The molecule has 86 valence electrons. The first-order chi connectivity index (χ1) is 7.79. The molecule has 0 aromatic carbocycles. The minimum Gasteiger partial charge on any atom is -0.360 e. The van der Waals surface area contributed by atoms with Gasteiger partial charge < -0.3 is 9.84 Å². The lowest BCUT2D eigenvalue weighted by molar-refractivity contribution is 0.368. The van der Waals surface area contributed by atoms with Crippen LogP contribution >= 0.6 is 0 Å². The molecule has 2 rings (SSSR count). The van der Waals surface area contributed by atoms with Crippen molar-refractivity contribution in [3.05, 3.63) is 29.7 Å². The van der Waals surface area contributed by atoms with E-state index in [1.165, 1.54) is 0 Å². The largest absolute Gasteiger partial charge is 0.360 e. The average Bonchev–Trinajstić information content (AvgIpc) is 2.87. The van der Waals surface area contributed by atoms with Gasteiger partial charge in [0.05, 0.1) is 18.8 Å². The zero-order chi connectivity index (χ0) is 11.4. The maximum atomic E-state index is 5.08. The molecule has 0 aliphatic carbocycles. The molecular weight excluding hydrogens is 206 g/mol. The summed E-state index contributed by atoms with van der Waals surface area (Å²) in [5.41, 5.74) is 0.897. The van der Waals surface area contributed by atoms with Gasteiger partial charge >= 0.3 is 0 Å². The van der Waals surface area contributed by atoms with Crippen molar-refractivity contribution in [3.63, 3.8) is 0 Å². The number of aromatic nitrogens is 4. The van der Waals surface area contributed by atoms with Crippen LogP contribution in [-0.4, -0.2) is 19.9 Å². The molecule has 0 unspecified atom stereocenters. The summed E-state index contributed by atoms with van der Waals surface area (Å²) < 4.78 is 6.94. The number of hydrogen-bond acceptors (Lipinski definition) is 5. The maximum Gasteiger partial charge on any atom is 0.150 e. The zero-order valence-electron chi connectivity index (χ0n) is 9.47. The first kappa shape index (κ1) is 10.8. The van der Waals surface area contributed by atoms with Crippen molar-refractivity contribution in [3.8, 4) is 0 Å². The highest BCUT2D eigenvalue weighted by Gasteiger charge is 2.03. The van der Waals surface area contributed by atoms with Crippen molar-refractivity contribution in [1.82, 2.24) is 25.2 Å². The van der Waals surface area contributed by atoms with Crippen molar-refractivity contribution in [2.24, 2.45) is 0 Å². The van der Waals surface area contributed by atoms with Gasteiger partial charge in [-0.2, -0.15) is 5.10 Å². The summed E-state index contributed by atoms with van der Waals surface area (Å²) >= 11 is 0. The Bertz CT molecular complexity index is 448. The van der Waals surface area contributed by atoms with Gasteiger partial charge in [0.2, 0.25) is 0 Å². The highest BCUT2D eigenvalue weighted by atomic mass is 16.5. The quantitative estimate of drug-likeness (QED) is 0.811. The molecule has 0 saturated heterocycles. The smallest absolute Gasteiger partial charge is 0.150 e. The molecule has 2 aromatic heterocycles. The molecule has 0 atom stereocenters. The lowest BCUT2D eigenvalue weighted by Crippen LogP contribution is -2.16. The second kappa shape index (κ2) is 4.89. The van der Waals surface area contributed by atoms with E-state index in [1.807, 2.05) is 24.6 Å². The molecule has 6 nitrogen and oxygen atoms in total. The van der Waals surface area contributed by atoms with Crippen LogP contribution in [0.1, 0.15) is 24.2 Å². The molecule has 1 N–H and O–H groups in total. The summed E-state index contributed by atoms with van der Waals surface area (Å²) in [7, 11) is 0. The van der Waals surface area contributed by atoms with E-state index < -0.39 is 0 Å². The van der Waals surface area contributed by atoms with Gasteiger partial charge in [0.1, 0.15) is 12.2 Å². The molecule has 0 bridgehead atoms. The van der Waals surface area contributed by atoms with Crippen LogP contribution in [0.4, 0.5) is 0 Å². The van der Waals surface area contributed by atoms with Gasteiger partial charge in [0.15, 0.2) is 5.76 Å². The van der Waals surface area contributed by atoms with E-state index >= 15 is 0 Å². The second-order valence-corrected chi connectivity index (χ2v) is 3.53. The zero-order valence-corrected chi connectivity index (χ0v) is 9.47. The predicted molar refractivity (Wildman–Crippen MR) is 57.5 cm³/mol. The lowest BCUT2D eigenvalue weighted by Gasteiger charge is -2.03. The fourth-order valence-corrected chi connectivity index (χ4v) is 1.49. The number of nitrogens with one attached hydrogen (secondary N) is 1. The first-order valence-corrected chi connectivity index (χ1v) is 5.29.